The lowest BCUT2D eigenvalue weighted by molar-refractivity contribution is 1.43. The van der Waals surface area contributed by atoms with E-state index in [1.54, 1.807) is 12.1 Å². The Kier molecular flexibility index (Phi) is 4.85. The summed E-state index contributed by atoms with van der Waals surface area (Å²) in [5.41, 5.74) is 2.87. The minimum atomic E-state index is 0.444. The highest BCUT2D eigenvalue weighted by Gasteiger charge is 2.11. The fraction of sp³-hybridized carbons (Fsp3) is 0.0769. The summed E-state index contributed by atoms with van der Waals surface area (Å²) in [6, 6.07) is 9.05. The van der Waals surface area contributed by atoms with Crippen molar-refractivity contribution in [3.63, 3.8) is 0 Å². The van der Waals surface area contributed by atoms with Gasteiger partial charge in [-0.3, -0.25) is 0 Å². The largest absolute Gasteiger partial charge is 0.0876 e. The van der Waals surface area contributed by atoms with Gasteiger partial charge in [0.25, 0.3) is 0 Å². The molecule has 0 unspecified atom stereocenters. The zero-order valence-corrected chi connectivity index (χ0v) is 13.6. The van der Waals surface area contributed by atoms with Gasteiger partial charge in [0.1, 0.15) is 0 Å². The molecule has 0 saturated carbocycles. The van der Waals surface area contributed by atoms with E-state index in [1.165, 1.54) is 0 Å². The molecule has 0 aliphatic heterocycles. The molecule has 5 heteroatoms. The van der Waals surface area contributed by atoms with E-state index in [0.717, 1.165) is 16.7 Å². The van der Waals surface area contributed by atoms with Gasteiger partial charge in [0.2, 0.25) is 0 Å². The molecule has 0 radical (unpaired) electrons. The van der Waals surface area contributed by atoms with Gasteiger partial charge in [0.15, 0.2) is 0 Å². The first kappa shape index (κ1) is 14.5. The second-order valence-corrected chi connectivity index (χ2v) is 5.90. The van der Waals surface area contributed by atoms with Gasteiger partial charge in [0.05, 0.1) is 10.0 Å². The third-order valence-electron chi connectivity index (χ3n) is 2.51. The molecular formula is C13H7BrCl4. The van der Waals surface area contributed by atoms with Gasteiger partial charge in [-0.2, -0.15) is 0 Å². The van der Waals surface area contributed by atoms with Crippen LogP contribution in [0.2, 0.25) is 20.1 Å². The summed E-state index contributed by atoms with van der Waals surface area (Å²) < 4.78 is 0. The lowest BCUT2D eigenvalue weighted by atomic mass is 10.0. The smallest absolute Gasteiger partial charge is 0.0607 e. The van der Waals surface area contributed by atoms with Gasteiger partial charge in [0, 0.05) is 20.9 Å². The summed E-state index contributed by atoms with van der Waals surface area (Å²) in [5, 5.41) is 2.85. The zero-order chi connectivity index (χ0) is 13.3. The van der Waals surface area contributed by atoms with Crippen molar-refractivity contribution in [3.05, 3.63) is 56.0 Å². The maximum atomic E-state index is 6.21. The van der Waals surface area contributed by atoms with E-state index in [4.69, 9.17) is 46.4 Å². The molecule has 18 heavy (non-hydrogen) atoms. The second kappa shape index (κ2) is 6.02. The average Bonchev–Trinajstić information content (AvgIpc) is 2.34. The fourth-order valence-electron chi connectivity index (χ4n) is 1.66. The second-order valence-electron chi connectivity index (χ2n) is 3.68. The van der Waals surface area contributed by atoms with Gasteiger partial charge in [-0.05, 0) is 35.4 Å². The highest BCUT2D eigenvalue weighted by molar-refractivity contribution is 9.08. The van der Waals surface area contributed by atoms with E-state index < -0.39 is 0 Å². The molecule has 2 aromatic rings. The molecule has 2 rings (SSSR count). The molecular weight excluding hydrogens is 378 g/mol. The van der Waals surface area contributed by atoms with Crippen LogP contribution in [-0.4, -0.2) is 0 Å². The van der Waals surface area contributed by atoms with Crippen LogP contribution in [0.15, 0.2) is 30.3 Å². The van der Waals surface area contributed by atoms with Crippen LogP contribution < -0.4 is 0 Å². The van der Waals surface area contributed by atoms with Crippen LogP contribution >= 0.6 is 62.3 Å². The summed E-state index contributed by atoms with van der Waals surface area (Å²) in [7, 11) is 0. The Balaban J connectivity index is 2.65. The number of rotatable bonds is 2. The Morgan fingerprint density at radius 3 is 2.11 bits per heavy atom. The number of alkyl halides is 1. The molecule has 0 spiro atoms. The van der Waals surface area contributed by atoms with Crippen molar-refractivity contribution in [2.24, 2.45) is 0 Å². The monoisotopic (exact) mass is 382 g/mol. The molecule has 0 aromatic heterocycles. The van der Waals surface area contributed by atoms with E-state index in [-0.39, 0.29) is 0 Å². The summed E-state index contributed by atoms with van der Waals surface area (Å²) >= 11 is 27.6. The van der Waals surface area contributed by atoms with E-state index in [9.17, 15) is 0 Å². The van der Waals surface area contributed by atoms with Crippen molar-refractivity contribution in [2.45, 2.75) is 5.33 Å². The van der Waals surface area contributed by atoms with E-state index in [2.05, 4.69) is 15.9 Å². The van der Waals surface area contributed by atoms with Gasteiger partial charge >= 0.3 is 0 Å². The third kappa shape index (κ3) is 2.97. The summed E-state index contributed by atoms with van der Waals surface area (Å²) in [6.07, 6.45) is 0. The quantitative estimate of drug-likeness (QED) is 0.391. The Bertz CT molecular complexity index is 596. The van der Waals surface area contributed by atoms with Crippen LogP contribution in [0, 0.1) is 0 Å². The SMILES string of the molecule is Clc1ccc(-c2cc(Cl)c(Cl)cc2Cl)c(CBr)c1. The Hall–Kier alpha value is 0.0800. The van der Waals surface area contributed by atoms with Gasteiger partial charge in [-0.15, -0.1) is 0 Å². The Labute approximate surface area is 134 Å². The third-order valence-corrected chi connectivity index (χ3v) is 4.39. The molecule has 0 aliphatic carbocycles. The molecule has 0 bridgehead atoms. The van der Waals surface area contributed by atoms with Gasteiger partial charge in [-0.25, -0.2) is 0 Å². The van der Waals surface area contributed by atoms with Crippen LogP contribution in [0.25, 0.3) is 11.1 Å². The summed E-state index contributed by atoms with van der Waals surface area (Å²) in [6.45, 7) is 0. The van der Waals surface area contributed by atoms with Crippen LogP contribution in [0.5, 0.6) is 0 Å². The Morgan fingerprint density at radius 2 is 1.44 bits per heavy atom. The van der Waals surface area contributed by atoms with Gasteiger partial charge in [-0.1, -0.05) is 68.4 Å². The molecule has 0 N–H and O–H groups in total. The molecule has 0 saturated heterocycles. The first-order chi connectivity index (χ1) is 8.52. The number of hydrogen-bond donors (Lipinski definition) is 0. The minimum Gasteiger partial charge on any atom is -0.0876 e. The normalized spacial score (nSPS) is 10.7. The first-order valence-electron chi connectivity index (χ1n) is 5.02. The number of benzene rings is 2. The predicted molar refractivity (Wildman–Crippen MR) is 84.5 cm³/mol. The maximum absolute atomic E-state index is 6.21. The van der Waals surface area contributed by atoms with Crippen molar-refractivity contribution in [2.75, 3.05) is 0 Å². The molecule has 2 aromatic carbocycles. The van der Waals surface area contributed by atoms with Crippen molar-refractivity contribution < 1.29 is 0 Å². The van der Waals surface area contributed by atoms with Gasteiger partial charge < -0.3 is 0 Å². The molecule has 0 heterocycles. The molecule has 0 atom stereocenters. The predicted octanol–water partition coefficient (Wildman–Crippen LogP) is 6.86. The van der Waals surface area contributed by atoms with E-state index in [1.807, 2.05) is 18.2 Å². The highest BCUT2D eigenvalue weighted by Crippen LogP contribution is 2.37. The first-order valence-corrected chi connectivity index (χ1v) is 7.65. The average molecular weight is 385 g/mol. The fourth-order valence-corrected chi connectivity index (χ4v) is 2.97. The van der Waals surface area contributed by atoms with Crippen molar-refractivity contribution in [3.8, 4) is 11.1 Å². The van der Waals surface area contributed by atoms with E-state index >= 15 is 0 Å². The van der Waals surface area contributed by atoms with Crippen LogP contribution in [0.4, 0.5) is 0 Å². The molecule has 0 aliphatic rings. The standard InChI is InChI=1S/C13H7BrCl4/c14-6-7-3-8(15)1-2-9(7)10-4-12(17)13(18)5-11(10)16/h1-5H,6H2. The summed E-state index contributed by atoms with van der Waals surface area (Å²) in [4.78, 5) is 0. The maximum Gasteiger partial charge on any atom is 0.0607 e. The van der Waals surface area contributed by atoms with Crippen LogP contribution in [0.1, 0.15) is 5.56 Å². The van der Waals surface area contributed by atoms with Crippen molar-refractivity contribution in [1.29, 1.82) is 0 Å². The number of hydrogen-bond acceptors (Lipinski definition) is 0. The van der Waals surface area contributed by atoms with E-state index in [0.29, 0.717) is 25.4 Å². The lowest BCUT2D eigenvalue weighted by Gasteiger charge is -2.11. The highest BCUT2D eigenvalue weighted by atomic mass is 79.9. The lowest BCUT2D eigenvalue weighted by Crippen LogP contribution is -1.88. The molecule has 0 amide bonds. The van der Waals surface area contributed by atoms with Crippen molar-refractivity contribution >= 4 is 62.3 Å². The van der Waals surface area contributed by atoms with Crippen LogP contribution in [0.3, 0.4) is 0 Å². The zero-order valence-electron chi connectivity index (χ0n) is 8.98. The number of halogens is 5. The Morgan fingerprint density at radius 1 is 0.778 bits per heavy atom. The molecule has 0 nitrogen and oxygen atoms in total. The topological polar surface area (TPSA) is 0 Å². The van der Waals surface area contributed by atoms with Crippen molar-refractivity contribution in [1.82, 2.24) is 0 Å². The molecule has 0 fully saturated rings. The van der Waals surface area contributed by atoms with Crippen LogP contribution in [-0.2, 0) is 5.33 Å². The summed E-state index contributed by atoms with van der Waals surface area (Å²) in [5.74, 6) is 0. The minimum absolute atomic E-state index is 0.444. The molecule has 94 valence electrons.